The minimum Gasteiger partial charge on any atom is -0.363 e. The van der Waals surface area contributed by atoms with Gasteiger partial charge >= 0.3 is 0 Å². The van der Waals surface area contributed by atoms with Crippen LogP contribution < -0.4 is 15.4 Å². The van der Waals surface area contributed by atoms with E-state index in [9.17, 15) is 4.79 Å². The van der Waals surface area contributed by atoms with Crippen LogP contribution in [0.4, 0.5) is 11.6 Å². The second-order valence-corrected chi connectivity index (χ2v) is 7.93. The van der Waals surface area contributed by atoms with Gasteiger partial charge in [0.1, 0.15) is 10.9 Å². The maximum absolute atomic E-state index is 12.5. The van der Waals surface area contributed by atoms with Gasteiger partial charge in [-0.15, -0.1) is 0 Å². The molecule has 0 aliphatic carbocycles. The molecule has 0 amide bonds. The largest absolute Gasteiger partial charge is 0.363 e. The van der Waals surface area contributed by atoms with E-state index < -0.39 is 0 Å². The SMILES string of the molecule is Cn1c(N2CC3CC2CN3c2ccc(Br)nc2)nc(-c2ccncn2)cc1=O. The first-order valence-corrected chi connectivity index (χ1v) is 9.89. The van der Waals surface area contributed by atoms with Crippen LogP contribution in [0.2, 0.25) is 0 Å². The third-order valence-corrected chi connectivity index (χ3v) is 5.97. The number of aromatic nitrogens is 5. The molecule has 2 aliphatic heterocycles. The fraction of sp³-hybridized carbons (Fsp3) is 0.316. The molecule has 2 bridgehead atoms. The van der Waals surface area contributed by atoms with Crippen molar-refractivity contribution in [1.82, 2.24) is 24.5 Å². The van der Waals surface area contributed by atoms with Crippen molar-refractivity contribution < 1.29 is 0 Å². The Balaban J connectivity index is 1.45. The molecule has 0 aromatic carbocycles. The monoisotopic (exact) mass is 439 g/mol. The van der Waals surface area contributed by atoms with E-state index in [0.29, 0.717) is 29.4 Å². The molecule has 2 atom stereocenters. The summed E-state index contributed by atoms with van der Waals surface area (Å²) in [6.07, 6.45) is 6.07. The Morgan fingerprint density at radius 2 is 1.89 bits per heavy atom. The zero-order valence-corrected chi connectivity index (χ0v) is 16.8. The van der Waals surface area contributed by atoms with Gasteiger partial charge in [0, 0.05) is 38.4 Å². The van der Waals surface area contributed by atoms with Crippen LogP contribution in [0, 0.1) is 0 Å². The van der Waals surface area contributed by atoms with Crippen molar-refractivity contribution in [2.45, 2.75) is 18.5 Å². The lowest BCUT2D eigenvalue weighted by molar-refractivity contribution is 0.614. The lowest BCUT2D eigenvalue weighted by Gasteiger charge is -2.36. The summed E-state index contributed by atoms with van der Waals surface area (Å²) >= 11 is 3.39. The highest BCUT2D eigenvalue weighted by Crippen LogP contribution is 2.36. The molecule has 2 aliphatic rings. The molecule has 8 nitrogen and oxygen atoms in total. The fourth-order valence-corrected chi connectivity index (χ4v) is 4.36. The second-order valence-electron chi connectivity index (χ2n) is 7.12. The molecule has 28 heavy (non-hydrogen) atoms. The van der Waals surface area contributed by atoms with Crippen molar-refractivity contribution >= 4 is 27.6 Å². The summed E-state index contributed by atoms with van der Waals surface area (Å²) in [5.41, 5.74) is 2.28. The van der Waals surface area contributed by atoms with Crippen LogP contribution in [0.1, 0.15) is 6.42 Å². The van der Waals surface area contributed by atoms with E-state index in [1.807, 2.05) is 12.3 Å². The van der Waals surface area contributed by atoms with Gasteiger partial charge in [0.15, 0.2) is 0 Å². The molecule has 5 rings (SSSR count). The van der Waals surface area contributed by atoms with Gasteiger partial charge in [0.05, 0.1) is 29.3 Å². The maximum atomic E-state index is 12.5. The topological polar surface area (TPSA) is 80.0 Å². The van der Waals surface area contributed by atoms with E-state index in [1.54, 1.807) is 23.9 Å². The minimum atomic E-state index is -0.0876. The van der Waals surface area contributed by atoms with Crippen molar-refractivity contribution in [3.05, 3.63) is 57.9 Å². The molecule has 0 radical (unpaired) electrons. The number of hydrogen-bond acceptors (Lipinski definition) is 7. The lowest BCUT2D eigenvalue weighted by atomic mass is 10.2. The van der Waals surface area contributed by atoms with Gasteiger partial charge in [-0.25, -0.2) is 19.9 Å². The van der Waals surface area contributed by atoms with Gasteiger partial charge < -0.3 is 9.80 Å². The number of nitrogens with zero attached hydrogens (tertiary/aromatic N) is 7. The van der Waals surface area contributed by atoms with Gasteiger partial charge in [0.2, 0.25) is 5.95 Å². The van der Waals surface area contributed by atoms with E-state index in [4.69, 9.17) is 4.98 Å². The molecule has 9 heteroatoms. The van der Waals surface area contributed by atoms with Crippen molar-refractivity contribution in [3.8, 4) is 11.4 Å². The minimum absolute atomic E-state index is 0.0876. The zero-order chi connectivity index (χ0) is 19.3. The number of anilines is 2. The Kier molecular flexibility index (Phi) is 4.12. The number of rotatable bonds is 3. The van der Waals surface area contributed by atoms with Crippen molar-refractivity contribution in [2.24, 2.45) is 7.05 Å². The van der Waals surface area contributed by atoms with Crippen LogP contribution in [-0.4, -0.2) is 49.7 Å². The maximum Gasteiger partial charge on any atom is 0.255 e. The Labute approximate surface area is 170 Å². The first-order chi connectivity index (χ1) is 13.6. The zero-order valence-electron chi connectivity index (χ0n) is 15.2. The Hall–Kier alpha value is -2.81. The fourth-order valence-electron chi connectivity index (χ4n) is 4.12. The van der Waals surface area contributed by atoms with E-state index in [-0.39, 0.29) is 5.56 Å². The summed E-state index contributed by atoms with van der Waals surface area (Å²) in [5, 5.41) is 0. The molecule has 2 unspecified atom stereocenters. The van der Waals surface area contributed by atoms with Gasteiger partial charge in [-0.2, -0.15) is 0 Å². The Morgan fingerprint density at radius 3 is 2.57 bits per heavy atom. The van der Waals surface area contributed by atoms with E-state index in [1.165, 1.54) is 12.4 Å². The van der Waals surface area contributed by atoms with E-state index >= 15 is 0 Å². The third kappa shape index (κ3) is 2.86. The summed E-state index contributed by atoms with van der Waals surface area (Å²) in [6.45, 7) is 1.72. The molecule has 0 N–H and O–H groups in total. The number of fused-ring (bicyclic) bond motifs is 2. The van der Waals surface area contributed by atoms with E-state index in [0.717, 1.165) is 29.8 Å². The van der Waals surface area contributed by atoms with Crippen molar-refractivity contribution in [2.75, 3.05) is 22.9 Å². The quantitative estimate of drug-likeness (QED) is 0.576. The van der Waals surface area contributed by atoms with Crippen LogP contribution in [0.5, 0.6) is 0 Å². The molecule has 0 spiro atoms. The first-order valence-electron chi connectivity index (χ1n) is 9.09. The number of halogens is 1. The molecule has 3 aromatic rings. The first kappa shape index (κ1) is 17.3. The predicted molar refractivity (Wildman–Crippen MR) is 109 cm³/mol. The normalized spacial score (nSPS) is 20.8. The summed E-state index contributed by atoms with van der Waals surface area (Å²) in [7, 11) is 1.77. The molecule has 2 fully saturated rings. The standard InChI is InChI=1S/C19H18BrN7O/c1-25-18(28)7-16(15-4-5-21-11-23-15)24-19(25)27-10-13-6-14(27)9-26(13)12-2-3-17(20)22-8-12/h2-5,7-8,11,13-14H,6,9-10H2,1H3. The summed E-state index contributed by atoms with van der Waals surface area (Å²) in [6, 6.07) is 8.05. The molecule has 142 valence electrons. The molecule has 3 aromatic heterocycles. The van der Waals surface area contributed by atoms with Gasteiger partial charge in [-0.1, -0.05) is 0 Å². The Bertz CT molecular complexity index is 1070. The molecular weight excluding hydrogens is 422 g/mol. The summed E-state index contributed by atoms with van der Waals surface area (Å²) in [4.78, 5) is 34.5. The predicted octanol–water partition coefficient (Wildman–Crippen LogP) is 1.86. The van der Waals surface area contributed by atoms with Crippen LogP contribution in [-0.2, 0) is 7.05 Å². The lowest BCUT2D eigenvalue weighted by Crippen LogP contribution is -2.48. The highest BCUT2D eigenvalue weighted by Gasteiger charge is 2.44. The van der Waals surface area contributed by atoms with Crippen LogP contribution in [0.3, 0.4) is 0 Å². The summed E-state index contributed by atoms with van der Waals surface area (Å²) < 4.78 is 2.46. The van der Waals surface area contributed by atoms with Crippen LogP contribution in [0.15, 0.2) is 52.4 Å². The van der Waals surface area contributed by atoms with Crippen LogP contribution in [0.25, 0.3) is 11.4 Å². The van der Waals surface area contributed by atoms with Crippen LogP contribution >= 0.6 is 15.9 Å². The Morgan fingerprint density at radius 1 is 1.07 bits per heavy atom. The molecule has 2 saturated heterocycles. The highest BCUT2D eigenvalue weighted by molar-refractivity contribution is 9.10. The number of pyridine rings is 1. The number of piperazine rings is 1. The highest BCUT2D eigenvalue weighted by atomic mass is 79.9. The van der Waals surface area contributed by atoms with Gasteiger partial charge in [-0.05, 0) is 40.5 Å². The second kappa shape index (κ2) is 6.66. The molecule has 0 saturated carbocycles. The molecular formula is C19H18BrN7O. The molecule has 5 heterocycles. The van der Waals surface area contributed by atoms with Gasteiger partial charge in [0.25, 0.3) is 5.56 Å². The smallest absolute Gasteiger partial charge is 0.255 e. The summed E-state index contributed by atoms with van der Waals surface area (Å²) in [5.74, 6) is 0.696. The third-order valence-electron chi connectivity index (χ3n) is 5.50. The van der Waals surface area contributed by atoms with Crippen molar-refractivity contribution in [3.63, 3.8) is 0 Å². The average Bonchev–Trinajstić information content (AvgIpc) is 3.32. The average molecular weight is 440 g/mol. The van der Waals surface area contributed by atoms with Crippen molar-refractivity contribution in [1.29, 1.82) is 0 Å². The van der Waals surface area contributed by atoms with Gasteiger partial charge in [-0.3, -0.25) is 9.36 Å². The van der Waals surface area contributed by atoms with E-state index in [2.05, 4.69) is 46.7 Å². The number of hydrogen-bond donors (Lipinski definition) is 0.